The van der Waals surface area contributed by atoms with Gasteiger partial charge in [-0.15, -0.1) is 0 Å². The maximum absolute atomic E-state index is 13.0. The first-order valence-corrected chi connectivity index (χ1v) is 12.0. The van der Waals surface area contributed by atoms with Crippen molar-refractivity contribution in [2.24, 2.45) is 5.92 Å². The van der Waals surface area contributed by atoms with Gasteiger partial charge in [-0.25, -0.2) is 13.4 Å². The number of anilines is 1. The number of aromatic nitrogens is 1. The Morgan fingerprint density at radius 1 is 1.27 bits per heavy atom. The first kappa shape index (κ1) is 21.0. The fourth-order valence-corrected chi connectivity index (χ4v) is 6.14. The van der Waals surface area contributed by atoms with Crippen LogP contribution in [0.2, 0.25) is 5.02 Å². The number of sulfonamides is 1. The van der Waals surface area contributed by atoms with Crippen molar-refractivity contribution in [3.63, 3.8) is 0 Å². The lowest BCUT2D eigenvalue weighted by Gasteiger charge is -2.31. The molecule has 1 aromatic heterocycles. The van der Waals surface area contributed by atoms with E-state index in [9.17, 15) is 13.2 Å². The minimum atomic E-state index is -3.69. The lowest BCUT2D eigenvalue weighted by Crippen LogP contribution is -2.43. The summed E-state index contributed by atoms with van der Waals surface area (Å²) in [6.07, 6.45) is 1.23. The minimum Gasteiger partial charge on any atom is -0.497 e. The number of methoxy groups -OCH3 is 1. The quantitative estimate of drug-likeness (QED) is 0.615. The number of thiazole rings is 1. The zero-order chi connectivity index (χ0) is 21.3. The van der Waals surface area contributed by atoms with E-state index in [-0.39, 0.29) is 17.3 Å². The smallest absolute Gasteiger partial charge is 0.243 e. The van der Waals surface area contributed by atoms with Gasteiger partial charge in [0.1, 0.15) is 11.3 Å². The highest BCUT2D eigenvalue weighted by atomic mass is 35.5. The van der Waals surface area contributed by atoms with Gasteiger partial charge < -0.3 is 10.1 Å². The Morgan fingerprint density at radius 2 is 2.03 bits per heavy atom. The highest BCUT2D eigenvalue weighted by Crippen LogP contribution is 2.32. The van der Waals surface area contributed by atoms with E-state index in [0.29, 0.717) is 40.8 Å². The molecular formula is C20H20ClN3O4S2. The summed E-state index contributed by atoms with van der Waals surface area (Å²) in [5.74, 6) is -0.102. The topological polar surface area (TPSA) is 88.6 Å². The van der Waals surface area contributed by atoms with E-state index >= 15 is 0 Å². The molecule has 158 valence electrons. The molecule has 1 N–H and O–H groups in total. The van der Waals surface area contributed by atoms with Crippen LogP contribution >= 0.6 is 22.9 Å². The van der Waals surface area contributed by atoms with Gasteiger partial charge in [0.25, 0.3) is 0 Å². The molecular weight excluding hydrogens is 446 g/mol. The van der Waals surface area contributed by atoms with E-state index < -0.39 is 15.9 Å². The van der Waals surface area contributed by atoms with E-state index in [1.165, 1.54) is 34.9 Å². The fraction of sp³-hybridized carbons (Fsp3) is 0.300. The number of hydrogen-bond acceptors (Lipinski definition) is 6. The molecule has 1 atom stereocenters. The van der Waals surface area contributed by atoms with Gasteiger partial charge in [0.2, 0.25) is 15.9 Å². The second-order valence-corrected chi connectivity index (χ2v) is 10.3. The summed E-state index contributed by atoms with van der Waals surface area (Å²) in [7, 11) is -2.16. The number of amides is 1. The molecule has 1 fully saturated rings. The van der Waals surface area contributed by atoms with Crippen molar-refractivity contribution >= 4 is 54.2 Å². The monoisotopic (exact) mass is 465 g/mol. The van der Waals surface area contributed by atoms with Crippen molar-refractivity contribution < 1.29 is 17.9 Å². The van der Waals surface area contributed by atoms with E-state index in [4.69, 9.17) is 16.3 Å². The van der Waals surface area contributed by atoms with Crippen LogP contribution in [0.3, 0.4) is 0 Å². The normalized spacial score (nSPS) is 17.7. The molecule has 0 spiro atoms. The number of carbonyl (C=O) groups excluding carboxylic acids is 1. The number of benzene rings is 2. The molecule has 0 radical (unpaired) electrons. The maximum Gasteiger partial charge on any atom is 0.243 e. The molecule has 4 rings (SSSR count). The number of piperidine rings is 1. The molecule has 30 heavy (non-hydrogen) atoms. The standard InChI is InChI=1S/C20H20ClN3O4S2/c1-28-14-7-9-15(10-8-14)30(26,27)24-11-3-4-13(12-24)19(25)23-20-22-18-16(21)5-2-6-17(18)29-20/h2,5-10,13H,3-4,11-12H2,1H3,(H,22,23,25). The van der Waals surface area contributed by atoms with Crippen LogP contribution in [0, 0.1) is 5.92 Å². The summed E-state index contributed by atoms with van der Waals surface area (Å²) >= 11 is 7.49. The molecule has 1 unspecified atom stereocenters. The predicted octanol–water partition coefficient (Wildman–Crippen LogP) is 4.00. The summed E-state index contributed by atoms with van der Waals surface area (Å²) in [6.45, 7) is 0.515. The molecule has 2 aromatic carbocycles. The first-order valence-electron chi connectivity index (χ1n) is 9.38. The average molecular weight is 466 g/mol. The number of para-hydroxylation sites is 1. The maximum atomic E-state index is 13.0. The molecule has 3 aromatic rings. The molecule has 0 bridgehead atoms. The van der Waals surface area contributed by atoms with Crippen LogP contribution in [-0.4, -0.2) is 43.8 Å². The predicted molar refractivity (Wildman–Crippen MR) is 118 cm³/mol. The summed E-state index contributed by atoms with van der Waals surface area (Å²) in [6, 6.07) is 11.7. The van der Waals surface area contributed by atoms with Crippen molar-refractivity contribution in [1.29, 1.82) is 0 Å². The average Bonchev–Trinajstić information content (AvgIpc) is 3.17. The first-order chi connectivity index (χ1) is 14.4. The summed E-state index contributed by atoms with van der Waals surface area (Å²) in [4.78, 5) is 17.4. The van der Waals surface area contributed by atoms with Crippen LogP contribution in [0.5, 0.6) is 5.75 Å². The Hall–Kier alpha value is -2.20. The van der Waals surface area contributed by atoms with Crippen molar-refractivity contribution in [1.82, 2.24) is 9.29 Å². The second-order valence-electron chi connectivity index (χ2n) is 6.97. The highest BCUT2D eigenvalue weighted by Gasteiger charge is 2.33. The van der Waals surface area contributed by atoms with Gasteiger partial charge in [-0.1, -0.05) is 29.0 Å². The van der Waals surface area contributed by atoms with E-state index in [1.54, 1.807) is 18.2 Å². The lowest BCUT2D eigenvalue weighted by atomic mass is 9.99. The van der Waals surface area contributed by atoms with Gasteiger partial charge in [-0.2, -0.15) is 4.31 Å². The van der Waals surface area contributed by atoms with Gasteiger partial charge in [0.05, 0.1) is 27.6 Å². The Kier molecular flexibility index (Phi) is 5.97. The summed E-state index contributed by atoms with van der Waals surface area (Å²) in [5, 5.41) is 3.81. The van der Waals surface area contributed by atoms with Crippen LogP contribution < -0.4 is 10.1 Å². The zero-order valence-corrected chi connectivity index (χ0v) is 18.6. The molecule has 1 amide bonds. The van der Waals surface area contributed by atoms with Gasteiger partial charge >= 0.3 is 0 Å². The Morgan fingerprint density at radius 3 is 2.73 bits per heavy atom. The molecule has 0 aliphatic carbocycles. The molecule has 0 saturated carbocycles. The molecule has 2 heterocycles. The Labute approximate surface area is 183 Å². The van der Waals surface area contributed by atoms with Crippen LogP contribution in [0.15, 0.2) is 47.4 Å². The number of fused-ring (bicyclic) bond motifs is 1. The number of nitrogens with zero attached hydrogens (tertiary/aromatic N) is 2. The number of hydrogen-bond donors (Lipinski definition) is 1. The number of nitrogens with one attached hydrogen (secondary N) is 1. The number of ether oxygens (including phenoxy) is 1. The molecule has 1 saturated heterocycles. The van der Waals surface area contributed by atoms with Gasteiger partial charge in [0.15, 0.2) is 5.13 Å². The number of rotatable bonds is 5. The molecule has 1 aliphatic rings. The lowest BCUT2D eigenvalue weighted by molar-refractivity contribution is -0.120. The third kappa shape index (κ3) is 4.15. The number of carbonyl (C=O) groups is 1. The van der Waals surface area contributed by atoms with E-state index in [0.717, 1.165) is 4.70 Å². The van der Waals surface area contributed by atoms with Crippen molar-refractivity contribution in [2.75, 3.05) is 25.5 Å². The second kappa shape index (κ2) is 8.50. The molecule has 1 aliphatic heterocycles. The SMILES string of the molecule is COc1ccc(S(=O)(=O)N2CCCC(C(=O)Nc3nc4c(Cl)cccc4s3)C2)cc1. The van der Waals surface area contributed by atoms with Crippen molar-refractivity contribution in [2.45, 2.75) is 17.7 Å². The van der Waals surface area contributed by atoms with E-state index in [1.807, 2.05) is 12.1 Å². The number of halogens is 1. The molecule has 7 nitrogen and oxygen atoms in total. The Balaban J connectivity index is 1.48. The largest absolute Gasteiger partial charge is 0.497 e. The van der Waals surface area contributed by atoms with Gasteiger partial charge in [0, 0.05) is 13.1 Å². The summed E-state index contributed by atoms with van der Waals surface area (Å²) < 4.78 is 33.3. The van der Waals surface area contributed by atoms with E-state index in [2.05, 4.69) is 10.3 Å². The van der Waals surface area contributed by atoms with Gasteiger partial charge in [-0.05, 0) is 49.2 Å². The highest BCUT2D eigenvalue weighted by molar-refractivity contribution is 7.89. The zero-order valence-electron chi connectivity index (χ0n) is 16.2. The van der Waals surface area contributed by atoms with Crippen molar-refractivity contribution in [3.05, 3.63) is 47.5 Å². The van der Waals surface area contributed by atoms with Crippen LogP contribution in [0.25, 0.3) is 10.2 Å². The summed E-state index contributed by atoms with van der Waals surface area (Å²) in [5.41, 5.74) is 0.645. The van der Waals surface area contributed by atoms with Crippen LogP contribution in [-0.2, 0) is 14.8 Å². The Bertz CT molecular complexity index is 1180. The molecule has 10 heteroatoms. The third-order valence-electron chi connectivity index (χ3n) is 5.05. The fourth-order valence-electron chi connectivity index (χ4n) is 3.45. The van der Waals surface area contributed by atoms with Crippen LogP contribution in [0.4, 0.5) is 5.13 Å². The van der Waals surface area contributed by atoms with Crippen molar-refractivity contribution in [3.8, 4) is 5.75 Å². The van der Waals surface area contributed by atoms with Crippen LogP contribution in [0.1, 0.15) is 12.8 Å². The third-order valence-corrected chi connectivity index (χ3v) is 8.17. The van der Waals surface area contributed by atoms with Gasteiger partial charge in [-0.3, -0.25) is 4.79 Å². The minimum absolute atomic E-state index is 0.131.